The van der Waals surface area contributed by atoms with Crippen molar-refractivity contribution in [3.8, 4) is 11.8 Å². The first-order valence-electron chi connectivity index (χ1n) is 7.89. The Bertz CT molecular complexity index is 1030. The molecule has 1 aromatic carbocycles. The molecule has 0 radical (unpaired) electrons. The monoisotopic (exact) mass is 337 g/mol. The van der Waals surface area contributed by atoms with E-state index in [1.54, 1.807) is 31.3 Å². The summed E-state index contributed by atoms with van der Waals surface area (Å²) in [6.07, 6.45) is 2.47. The molecule has 25 heavy (non-hydrogen) atoms. The molecule has 0 unspecified atom stereocenters. The number of hydrogen-bond acceptors (Lipinski definition) is 4. The second kappa shape index (κ2) is 6.73. The van der Waals surface area contributed by atoms with Crippen LogP contribution < -0.4 is 5.56 Å². The summed E-state index contributed by atoms with van der Waals surface area (Å²) in [7, 11) is 0. The van der Waals surface area contributed by atoms with Crippen LogP contribution in [-0.2, 0) is 19.4 Å². The molecule has 1 N–H and O–H groups in total. The van der Waals surface area contributed by atoms with E-state index in [9.17, 15) is 14.3 Å². The number of nitrogens with zero attached hydrogens (tertiary/aromatic N) is 3. The zero-order valence-corrected chi connectivity index (χ0v) is 13.7. The van der Waals surface area contributed by atoms with Gasteiger partial charge in [0.25, 0.3) is 5.56 Å². The van der Waals surface area contributed by atoms with Gasteiger partial charge in [-0.3, -0.25) is 14.3 Å². The van der Waals surface area contributed by atoms with Crippen molar-refractivity contribution in [1.82, 2.24) is 9.55 Å². The van der Waals surface area contributed by atoms with E-state index in [1.165, 1.54) is 16.7 Å². The van der Waals surface area contributed by atoms with Crippen molar-refractivity contribution in [1.29, 1.82) is 5.26 Å². The van der Waals surface area contributed by atoms with Crippen LogP contribution in [0, 0.1) is 17.1 Å². The Hall–Kier alpha value is -3.20. The summed E-state index contributed by atoms with van der Waals surface area (Å²) in [5, 5.41) is 19.4. The first kappa shape index (κ1) is 16.7. The zero-order chi connectivity index (χ0) is 18.0. The van der Waals surface area contributed by atoms with Crippen molar-refractivity contribution in [3.05, 3.63) is 69.4 Å². The minimum Gasteiger partial charge on any atom is -0.505 e. The molecule has 0 saturated heterocycles. The first-order valence-corrected chi connectivity index (χ1v) is 7.89. The lowest BCUT2D eigenvalue weighted by molar-refractivity contribution is 0.470. The maximum absolute atomic E-state index is 13.0. The quantitative estimate of drug-likeness (QED) is 0.794. The van der Waals surface area contributed by atoms with Crippen molar-refractivity contribution in [3.63, 3.8) is 0 Å². The summed E-state index contributed by atoms with van der Waals surface area (Å²) in [5.41, 5.74) is 2.28. The highest BCUT2D eigenvalue weighted by molar-refractivity contribution is 5.82. The number of hydrogen-bond donors (Lipinski definition) is 1. The summed E-state index contributed by atoms with van der Waals surface area (Å²) in [5.74, 6) is -0.440. The van der Waals surface area contributed by atoms with Crippen molar-refractivity contribution in [2.24, 2.45) is 0 Å². The van der Waals surface area contributed by atoms with Crippen molar-refractivity contribution < 1.29 is 9.50 Å². The van der Waals surface area contributed by atoms with E-state index in [1.807, 2.05) is 6.07 Å². The largest absolute Gasteiger partial charge is 0.505 e. The molecule has 0 bridgehead atoms. The fraction of sp³-hybridized carbons (Fsp3) is 0.211. The molecule has 0 aliphatic carbocycles. The lowest BCUT2D eigenvalue weighted by Crippen LogP contribution is -2.24. The van der Waals surface area contributed by atoms with E-state index in [4.69, 9.17) is 5.26 Å². The van der Waals surface area contributed by atoms with Gasteiger partial charge in [-0.25, -0.2) is 4.39 Å². The van der Waals surface area contributed by atoms with Gasteiger partial charge in [-0.1, -0.05) is 19.1 Å². The molecule has 0 aliphatic rings. The molecule has 126 valence electrons. The zero-order valence-electron chi connectivity index (χ0n) is 13.7. The van der Waals surface area contributed by atoms with Gasteiger partial charge in [0, 0.05) is 6.20 Å². The second-order valence-electron chi connectivity index (χ2n) is 5.74. The van der Waals surface area contributed by atoms with Crippen LogP contribution in [-0.4, -0.2) is 14.7 Å². The van der Waals surface area contributed by atoms with E-state index in [-0.39, 0.29) is 29.2 Å². The molecule has 0 atom stereocenters. The van der Waals surface area contributed by atoms with Gasteiger partial charge in [0.15, 0.2) is 5.75 Å². The highest BCUT2D eigenvalue weighted by atomic mass is 19.1. The maximum atomic E-state index is 13.0. The lowest BCUT2D eigenvalue weighted by Gasteiger charge is -2.12. The fourth-order valence-corrected chi connectivity index (χ4v) is 2.88. The van der Waals surface area contributed by atoms with Gasteiger partial charge in [-0.2, -0.15) is 5.26 Å². The number of halogens is 1. The molecule has 0 spiro atoms. The SMILES string of the molecule is CCc1c(O)c2ncc(Cc3ccc(F)cc3)cc2n(CC#N)c1=O. The van der Waals surface area contributed by atoms with E-state index < -0.39 is 0 Å². The minimum atomic E-state index is -0.380. The van der Waals surface area contributed by atoms with Gasteiger partial charge in [-0.05, 0) is 42.2 Å². The highest BCUT2D eigenvalue weighted by Crippen LogP contribution is 2.26. The summed E-state index contributed by atoms with van der Waals surface area (Å²) in [6, 6.07) is 9.84. The number of pyridine rings is 2. The number of aromatic nitrogens is 2. The Balaban J connectivity index is 2.16. The molecule has 2 heterocycles. The predicted molar refractivity (Wildman–Crippen MR) is 91.9 cm³/mol. The van der Waals surface area contributed by atoms with Crippen LogP contribution in [0.3, 0.4) is 0 Å². The average Bonchev–Trinajstić information content (AvgIpc) is 2.61. The number of fused-ring (bicyclic) bond motifs is 1. The van der Waals surface area contributed by atoms with Gasteiger partial charge in [0.1, 0.15) is 17.9 Å². The Labute approximate surface area is 143 Å². The normalized spacial score (nSPS) is 10.8. The third-order valence-corrected chi connectivity index (χ3v) is 4.13. The third kappa shape index (κ3) is 3.09. The van der Waals surface area contributed by atoms with Gasteiger partial charge in [0.05, 0.1) is 17.1 Å². The Morgan fingerprint density at radius 2 is 2.00 bits per heavy atom. The maximum Gasteiger partial charge on any atom is 0.258 e. The molecular formula is C19H16FN3O2. The Morgan fingerprint density at radius 1 is 1.28 bits per heavy atom. The molecule has 3 rings (SSSR count). The van der Waals surface area contributed by atoms with Crippen LogP contribution in [0.1, 0.15) is 23.6 Å². The van der Waals surface area contributed by atoms with Crippen LogP contribution in [0.4, 0.5) is 4.39 Å². The fourth-order valence-electron chi connectivity index (χ4n) is 2.88. The topological polar surface area (TPSA) is 78.9 Å². The van der Waals surface area contributed by atoms with Crippen molar-refractivity contribution >= 4 is 11.0 Å². The Kier molecular flexibility index (Phi) is 4.48. The van der Waals surface area contributed by atoms with Crippen LogP contribution in [0.5, 0.6) is 5.75 Å². The molecule has 3 aromatic rings. The Morgan fingerprint density at radius 3 is 2.64 bits per heavy atom. The van der Waals surface area contributed by atoms with Crippen LogP contribution >= 0.6 is 0 Å². The summed E-state index contributed by atoms with van der Waals surface area (Å²) in [4.78, 5) is 16.8. The highest BCUT2D eigenvalue weighted by Gasteiger charge is 2.16. The summed E-state index contributed by atoms with van der Waals surface area (Å²) in [6.45, 7) is 1.65. The van der Waals surface area contributed by atoms with Gasteiger partial charge in [-0.15, -0.1) is 0 Å². The van der Waals surface area contributed by atoms with E-state index in [0.29, 0.717) is 23.9 Å². The molecule has 2 aromatic heterocycles. The van der Waals surface area contributed by atoms with E-state index in [2.05, 4.69) is 4.98 Å². The predicted octanol–water partition coefficient (Wildman–Crippen LogP) is 2.92. The molecular weight excluding hydrogens is 321 g/mol. The molecule has 0 fully saturated rings. The van der Waals surface area contributed by atoms with Crippen molar-refractivity contribution in [2.75, 3.05) is 0 Å². The first-order chi connectivity index (χ1) is 12.0. The number of nitriles is 1. The molecule has 0 aliphatic heterocycles. The molecule has 5 nitrogen and oxygen atoms in total. The van der Waals surface area contributed by atoms with Crippen LogP contribution in [0.15, 0.2) is 41.3 Å². The second-order valence-corrected chi connectivity index (χ2v) is 5.74. The average molecular weight is 337 g/mol. The molecule has 6 heteroatoms. The van der Waals surface area contributed by atoms with E-state index >= 15 is 0 Å². The lowest BCUT2D eigenvalue weighted by atomic mass is 10.0. The number of benzene rings is 1. The number of aromatic hydroxyl groups is 1. The van der Waals surface area contributed by atoms with Gasteiger partial charge in [0.2, 0.25) is 0 Å². The standard InChI is InChI=1S/C19H16FN3O2/c1-2-15-18(24)17-16(23(8-7-21)19(15)25)10-13(11-22-17)9-12-3-5-14(20)6-4-12/h3-6,10-11,24H,2,8-9H2,1H3. The number of rotatable bonds is 4. The smallest absolute Gasteiger partial charge is 0.258 e. The summed E-state index contributed by atoms with van der Waals surface area (Å²) >= 11 is 0. The van der Waals surface area contributed by atoms with E-state index in [0.717, 1.165) is 11.1 Å². The molecule has 0 amide bonds. The van der Waals surface area contributed by atoms with Crippen LogP contribution in [0.2, 0.25) is 0 Å². The van der Waals surface area contributed by atoms with Crippen molar-refractivity contribution in [2.45, 2.75) is 26.3 Å². The van der Waals surface area contributed by atoms with Gasteiger partial charge >= 0.3 is 0 Å². The molecule has 0 saturated carbocycles. The van der Waals surface area contributed by atoms with Crippen LogP contribution in [0.25, 0.3) is 11.0 Å². The van der Waals surface area contributed by atoms with Gasteiger partial charge < -0.3 is 5.11 Å². The summed E-state index contributed by atoms with van der Waals surface area (Å²) < 4.78 is 14.4. The third-order valence-electron chi connectivity index (χ3n) is 4.13. The minimum absolute atomic E-state index is 0.121.